The van der Waals surface area contributed by atoms with Gasteiger partial charge >= 0.3 is 0 Å². The van der Waals surface area contributed by atoms with Gasteiger partial charge in [0.1, 0.15) is 29.3 Å². The topological polar surface area (TPSA) is 98.7 Å². The summed E-state index contributed by atoms with van der Waals surface area (Å²) in [7, 11) is 1.77. The number of ether oxygens (including phenoxy) is 1. The number of nitrogens with one attached hydrogen (secondary N) is 1. The summed E-state index contributed by atoms with van der Waals surface area (Å²) in [6.45, 7) is 2.61. The molecule has 6 nitrogen and oxygen atoms in total. The Hall–Kier alpha value is -3.15. The van der Waals surface area contributed by atoms with Crippen molar-refractivity contribution in [3.8, 4) is 5.75 Å². The third kappa shape index (κ3) is 2.86. The van der Waals surface area contributed by atoms with Crippen LogP contribution in [0.1, 0.15) is 18.1 Å². The Balaban J connectivity index is 2.04. The van der Waals surface area contributed by atoms with E-state index >= 15 is 0 Å². The SMILES string of the molecule is CCOc1ccc2cc(C(=[NH2+])c3c(N)ncnc3NC)ccc2c1. The molecule has 0 radical (unpaired) electrons. The Morgan fingerprint density at radius 3 is 2.67 bits per heavy atom. The van der Waals surface area contributed by atoms with E-state index in [0.717, 1.165) is 22.1 Å². The molecule has 3 aromatic rings. The van der Waals surface area contributed by atoms with Crippen molar-refractivity contribution in [3.63, 3.8) is 0 Å². The molecule has 0 unspecified atom stereocenters. The number of hydrogen-bond donors (Lipinski definition) is 3. The van der Waals surface area contributed by atoms with Crippen LogP contribution in [0, 0.1) is 0 Å². The molecule has 0 atom stereocenters. The molecule has 0 bridgehead atoms. The quantitative estimate of drug-likeness (QED) is 0.614. The van der Waals surface area contributed by atoms with Crippen molar-refractivity contribution >= 4 is 28.1 Å². The Kier molecular flexibility index (Phi) is 4.29. The van der Waals surface area contributed by atoms with Crippen molar-refractivity contribution in [2.75, 3.05) is 24.7 Å². The zero-order chi connectivity index (χ0) is 17.1. The summed E-state index contributed by atoms with van der Waals surface area (Å²) in [5.74, 6) is 1.80. The highest BCUT2D eigenvalue weighted by atomic mass is 16.5. The van der Waals surface area contributed by atoms with Crippen molar-refractivity contribution in [1.29, 1.82) is 0 Å². The van der Waals surface area contributed by atoms with Gasteiger partial charge in [0.05, 0.1) is 6.61 Å². The van der Waals surface area contributed by atoms with Crippen LogP contribution < -0.4 is 21.2 Å². The molecular formula is C18H20N5O+. The van der Waals surface area contributed by atoms with Crippen molar-refractivity contribution < 1.29 is 10.1 Å². The van der Waals surface area contributed by atoms with E-state index in [0.29, 0.717) is 29.5 Å². The molecule has 0 amide bonds. The summed E-state index contributed by atoms with van der Waals surface area (Å²) < 4.78 is 5.54. The van der Waals surface area contributed by atoms with Crippen LogP contribution in [0.25, 0.3) is 10.8 Å². The minimum atomic E-state index is 0.346. The van der Waals surface area contributed by atoms with Crippen LogP contribution in [-0.2, 0) is 0 Å². The molecule has 3 rings (SSSR count). The van der Waals surface area contributed by atoms with Gasteiger partial charge in [0.25, 0.3) is 0 Å². The molecular weight excluding hydrogens is 302 g/mol. The lowest BCUT2D eigenvalue weighted by Gasteiger charge is -2.09. The van der Waals surface area contributed by atoms with Crippen LogP contribution in [0.5, 0.6) is 5.75 Å². The summed E-state index contributed by atoms with van der Waals surface area (Å²) in [5, 5.41) is 11.5. The largest absolute Gasteiger partial charge is 0.494 e. The Morgan fingerprint density at radius 1 is 1.17 bits per heavy atom. The van der Waals surface area contributed by atoms with Crippen molar-refractivity contribution in [2.24, 2.45) is 0 Å². The molecule has 1 heterocycles. The first-order chi connectivity index (χ1) is 11.6. The molecule has 5 N–H and O–H groups in total. The number of nitrogen functional groups attached to an aromatic ring is 1. The second kappa shape index (κ2) is 6.54. The predicted molar refractivity (Wildman–Crippen MR) is 96.2 cm³/mol. The lowest BCUT2D eigenvalue weighted by Crippen LogP contribution is -2.42. The van der Waals surface area contributed by atoms with Gasteiger partial charge in [-0.3, -0.25) is 5.41 Å². The van der Waals surface area contributed by atoms with E-state index in [-0.39, 0.29) is 0 Å². The van der Waals surface area contributed by atoms with Gasteiger partial charge < -0.3 is 15.8 Å². The summed E-state index contributed by atoms with van der Waals surface area (Å²) in [6, 6.07) is 12.0. The molecule has 0 aliphatic heterocycles. The maximum atomic E-state index is 6.35. The zero-order valence-corrected chi connectivity index (χ0v) is 13.7. The summed E-state index contributed by atoms with van der Waals surface area (Å²) in [4.78, 5) is 8.22. The number of aromatic nitrogens is 2. The van der Waals surface area contributed by atoms with Crippen LogP contribution >= 0.6 is 0 Å². The average molecular weight is 322 g/mol. The number of benzene rings is 2. The first kappa shape index (κ1) is 15.7. The number of fused-ring (bicyclic) bond motifs is 1. The van der Waals surface area contributed by atoms with Gasteiger partial charge in [0, 0.05) is 12.6 Å². The first-order valence-corrected chi connectivity index (χ1v) is 7.72. The third-order valence-corrected chi connectivity index (χ3v) is 3.82. The van der Waals surface area contributed by atoms with Crippen LogP contribution in [-0.4, -0.2) is 29.3 Å². The lowest BCUT2D eigenvalue weighted by atomic mass is 9.99. The normalized spacial score (nSPS) is 10.6. The molecule has 0 aliphatic carbocycles. The standard InChI is InChI=1S/C18H19N5O/c1-3-24-14-7-6-11-8-13(5-4-12(11)9-14)16(19)15-17(20)22-10-23-18(15)21-2/h4-10,19H,3H2,1-2H3,(H3,20,21,22,23)/p+1. The van der Waals surface area contributed by atoms with Gasteiger partial charge in [-0.1, -0.05) is 12.1 Å². The molecule has 0 aliphatic rings. The fraction of sp³-hybridized carbons (Fsp3) is 0.167. The average Bonchev–Trinajstić information content (AvgIpc) is 2.60. The van der Waals surface area contributed by atoms with Gasteiger partial charge in [0.2, 0.25) is 5.71 Å². The van der Waals surface area contributed by atoms with Crippen molar-refractivity contribution in [2.45, 2.75) is 6.92 Å². The van der Waals surface area contributed by atoms with E-state index < -0.39 is 0 Å². The smallest absolute Gasteiger partial charge is 0.218 e. The fourth-order valence-corrected chi connectivity index (χ4v) is 2.65. The lowest BCUT2D eigenvalue weighted by molar-refractivity contribution is -0.111. The van der Waals surface area contributed by atoms with E-state index in [4.69, 9.17) is 15.9 Å². The summed E-state index contributed by atoms with van der Waals surface area (Å²) in [6.07, 6.45) is 1.41. The third-order valence-electron chi connectivity index (χ3n) is 3.82. The van der Waals surface area contributed by atoms with Crippen LogP contribution in [0.15, 0.2) is 42.7 Å². The van der Waals surface area contributed by atoms with E-state index in [1.165, 1.54) is 6.33 Å². The first-order valence-electron chi connectivity index (χ1n) is 7.72. The van der Waals surface area contributed by atoms with E-state index in [1.54, 1.807) is 7.05 Å². The molecule has 6 heteroatoms. The van der Waals surface area contributed by atoms with Gasteiger partial charge in [-0.25, -0.2) is 9.97 Å². The monoisotopic (exact) mass is 322 g/mol. The zero-order valence-electron chi connectivity index (χ0n) is 13.7. The number of nitrogens with zero attached hydrogens (tertiary/aromatic N) is 2. The highest BCUT2D eigenvalue weighted by Crippen LogP contribution is 2.25. The van der Waals surface area contributed by atoms with E-state index in [2.05, 4.69) is 15.3 Å². The fourth-order valence-electron chi connectivity index (χ4n) is 2.65. The predicted octanol–water partition coefficient (Wildman–Crippen LogP) is 1.25. The molecule has 24 heavy (non-hydrogen) atoms. The minimum Gasteiger partial charge on any atom is -0.494 e. The second-order valence-electron chi connectivity index (χ2n) is 5.30. The van der Waals surface area contributed by atoms with Crippen LogP contribution in [0.4, 0.5) is 11.6 Å². The van der Waals surface area contributed by atoms with Crippen molar-refractivity contribution in [1.82, 2.24) is 9.97 Å². The molecule has 0 saturated heterocycles. The maximum Gasteiger partial charge on any atom is 0.218 e. The maximum absolute atomic E-state index is 6.35. The summed E-state index contributed by atoms with van der Waals surface area (Å²) >= 11 is 0. The summed E-state index contributed by atoms with van der Waals surface area (Å²) in [5.41, 5.74) is 8.01. The minimum absolute atomic E-state index is 0.346. The van der Waals surface area contributed by atoms with E-state index in [9.17, 15) is 0 Å². The molecule has 0 spiro atoms. The van der Waals surface area contributed by atoms with Gasteiger partial charge in [-0.15, -0.1) is 0 Å². The van der Waals surface area contributed by atoms with Crippen LogP contribution in [0.3, 0.4) is 0 Å². The van der Waals surface area contributed by atoms with Gasteiger partial charge in [-0.2, -0.15) is 0 Å². The molecule has 122 valence electrons. The highest BCUT2D eigenvalue weighted by Gasteiger charge is 2.20. The highest BCUT2D eigenvalue weighted by molar-refractivity contribution is 6.15. The second-order valence-corrected chi connectivity index (χ2v) is 5.30. The van der Waals surface area contributed by atoms with Gasteiger partial charge in [0.15, 0.2) is 0 Å². The van der Waals surface area contributed by atoms with Crippen molar-refractivity contribution in [3.05, 3.63) is 53.9 Å². The molecule has 1 aromatic heterocycles. The Morgan fingerprint density at radius 2 is 1.92 bits per heavy atom. The molecule has 2 aromatic carbocycles. The molecule has 0 saturated carbocycles. The Bertz CT molecular complexity index is 907. The Labute approximate surface area is 140 Å². The number of nitrogens with two attached hydrogens (primary N) is 2. The van der Waals surface area contributed by atoms with Crippen LogP contribution in [0.2, 0.25) is 0 Å². The molecule has 0 fully saturated rings. The van der Waals surface area contributed by atoms with E-state index in [1.807, 2.05) is 43.3 Å². The number of hydrogen-bond acceptors (Lipinski definition) is 5. The number of anilines is 2. The number of rotatable bonds is 5. The van der Waals surface area contributed by atoms with Gasteiger partial charge in [-0.05, 0) is 42.0 Å².